The highest BCUT2D eigenvalue weighted by atomic mass is 127. The standard InChI is InChI=1S/C4H8INO2/c1-2(7)3(6)4(5)8/h2-3,7H,6H2,1H3/t2-,3+/m1/s1. The molecule has 4 heteroatoms. The summed E-state index contributed by atoms with van der Waals surface area (Å²) in [5.74, 6) is 0. The Morgan fingerprint density at radius 3 is 2.25 bits per heavy atom. The number of hydrogen-bond acceptors (Lipinski definition) is 3. The molecule has 2 atom stereocenters. The van der Waals surface area contributed by atoms with E-state index in [2.05, 4.69) is 0 Å². The second-order valence-electron chi connectivity index (χ2n) is 1.57. The Bertz CT molecular complexity index is 94.0. The van der Waals surface area contributed by atoms with Gasteiger partial charge in [-0.25, -0.2) is 0 Å². The first-order valence-electron chi connectivity index (χ1n) is 2.18. The van der Waals surface area contributed by atoms with Gasteiger partial charge in [-0.05, 0) is 6.92 Å². The minimum Gasteiger partial charge on any atom is -0.391 e. The van der Waals surface area contributed by atoms with Gasteiger partial charge in [0.15, 0.2) is 0 Å². The summed E-state index contributed by atoms with van der Waals surface area (Å²) in [6.45, 7) is 1.49. The van der Waals surface area contributed by atoms with Gasteiger partial charge in [-0.15, -0.1) is 0 Å². The maximum Gasteiger partial charge on any atom is 0.211 e. The van der Waals surface area contributed by atoms with Crippen molar-refractivity contribution in [2.75, 3.05) is 0 Å². The van der Waals surface area contributed by atoms with Crippen molar-refractivity contribution in [1.82, 2.24) is 0 Å². The summed E-state index contributed by atoms with van der Waals surface area (Å²) >= 11 is 1.56. The van der Waals surface area contributed by atoms with Crippen LogP contribution in [0, 0.1) is 0 Å². The number of halogens is 1. The van der Waals surface area contributed by atoms with Crippen LogP contribution in [0.4, 0.5) is 0 Å². The second-order valence-corrected chi connectivity index (χ2v) is 2.63. The van der Waals surface area contributed by atoms with Crippen LogP contribution in [0.15, 0.2) is 0 Å². The minimum atomic E-state index is -0.737. The predicted octanol–water partition coefficient (Wildman–Crippen LogP) is -0.344. The highest BCUT2D eigenvalue weighted by Gasteiger charge is 2.14. The van der Waals surface area contributed by atoms with Gasteiger partial charge in [-0.1, -0.05) is 0 Å². The molecule has 0 aliphatic heterocycles. The molecule has 3 nitrogen and oxygen atoms in total. The molecule has 0 saturated carbocycles. The zero-order valence-corrected chi connectivity index (χ0v) is 6.62. The molecule has 0 aliphatic carbocycles. The van der Waals surface area contributed by atoms with Gasteiger partial charge < -0.3 is 10.8 Å². The summed E-state index contributed by atoms with van der Waals surface area (Å²) in [6, 6.07) is -0.726. The number of rotatable bonds is 2. The highest BCUT2D eigenvalue weighted by molar-refractivity contribution is 14.1. The predicted molar refractivity (Wildman–Crippen MR) is 38.7 cm³/mol. The normalized spacial score (nSPS) is 17.5. The molecule has 0 aliphatic rings. The van der Waals surface area contributed by atoms with E-state index < -0.39 is 12.1 Å². The van der Waals surface area contributed by atoms with Gasteiger partial charge >= 0.3 is 0 Å². The van der Waals surface area contributed by atoms with E-state index >= 15 is 0 Å². The van der Waals surface area contributed by atoms with Gasteiger partial charge in [0.1, 0.15) is 0 Å². The number of hydrogen-bond donors (Lipinski definition) is 2. The Morgan fingerprint density at radius 1 is 1.88 bits per heavy atom. The third-order valence-electron chi connectivity index (χ3n) is 0.782. The molecule has 0 rings (SSSR count). The van der Waals surface area contributed by atoms with Crippen molar-refractivity contribution in [3.8, 4) is 0 Å². The Kier molecular flexibility index (Phi) is 3.50. The molecular formula is C4H8INO2. The van der Waals surface area contributed by atoms with Crippen molar-refractivity contribution in [2.24, 2.45) is 5.73 Å². The van der Waals surface area contributed by atoms with Crippen molar-refractivity contribution in [3.05, 3.63) is 0 Å². The van der Waals surface area contributed by atoms with Gasteiger partial charge in [0.25, 0.3) is 0 Å². The van der Waals surface area contributed by atoms with Crippen molar-refractivity contribution < 1.29 is 9.90 Å². The molecule has 3 N–H and O–H groups in total. The maximum absolute atomic E-state index is 10.3. The lowest BCUT2D eigenvalue weighted by atomic mass is 10.2. The van der Waals surface area contributed by atoms with Crippen LogP contribution in [0.3, 0.4) is 0 Å². The van der Waals surface area contributed by atoms with E-state index in [4.69, 9.17) is 10.8 Å². The SMILES string of the molecule is C[C@@H](O)[C@H](N)C(=O)I. The van der Waals surface area contributed by atoms with E-state index in [1.807, 2.05) is 0 Å². The smallest absolute Gasteiger partial charge is 0.211 e. The molecule has 0 spiro atoms. The van der Waals surface area contributed by atoms with E-state index in [0.717, 1.165) is 0 Å². The van der Waals surface area contributed by atoms with Crippen LogP contribution in [0.25, 0.3) is 0 Å². The summed E-state index contributed by atoms with van der Waals surface area (Å²) in [7, 11) is 0. The molecular weight excluding hydrogens is 221 g/mol. The molecule has 0 aromatic heterocycles. The third-order valence-corrected chi connectivity index (χ3v) is 1.50. The molecule has 0 unspecified atom stereocenters. The van der Waals surface area contributed by atoms with Crippen LogP contribution in [0.2, 0.25) is 0 Å². The molecule has 8 heavy (non-hydrogen) atoms. The van der Waals surface area contributed by atoms with Crippen molar-refractivity contribution in [1.29, 1.82) is 0 Å². The number of aliphatic hydroxyl groups excluding tert-OH is 1. The molecule has 0 amide bonds. The van der Waals surface area contributed by atoms with Crippen LogP contribution >= 0.6 is 22.6 Å². The average molecular weight is 229 g/mol. The molecule has 0 bridgehead atoms. The van der Waals surface area contributed by atoms with Crippen molar-refractivity contribution in [2.45, 2.75) is 19.1 Å². The number of carbonyl (C=O) groups excluding carboxylic acids is 1. The Morgan fingerprint density at radius 2 is 2.25 bits per heavy atom. The third kappa shape index (κ3) is 2.58. The molecule has 0 saturated heterocycles. The van der Waals surface area contributed by atoms with Crippen LogP contribution in [0.1, 0.15) is 6.92 Å². The first-order valence-corrected chi connectivity index (χ1v) is 3.26. The fraction of sp³-hybridized carbons (Fsp3) is 0.750. The molecule has 0 aromatic rings. The number of carbonyl (C=O) groups is 1. The molecule has 48 valence electrons. The summed E-state index contributed by atoms with van der Waals surface area (Å²) in [4.78, 5) is 10.3. The maximum atomic E-state index is 10.3. The quantitative estimate of drug-likeness (QED) is 0.502. The monoisotopic (exact) mass is 229 g/mol. The largest absolute Gasteiger partial charge is 0.391 e. The summed E-state index contributed by atoms with van der Waals surface area (Å²) in [5.41, 5.74) is 5.15. The Labute approximate surface area is 61.4 Å². The fourth-order valence-electron chi connectivity index (χ4n) is 0.190. The van der Waals surface area contributed by atoms with Crippen LogP contribution in [-0.4, -0.2) is 21.0 Å². The van der Waals surface area contributed by atoms with Crippen LogP contribution in [0.5, 0.6) is 0 Å². The summed E-state index contributed by atoms with van der Waals surface area (Å²) in [5, 5.41) is 8.64. The van der Waals surface area contributed by atoms with Crippen molar-refractivity contribution >= 4 is 26.4 Å². The lowest BCUT2D eigenvalue weighted by Crippen LogP contribution is -2.37. The molecule has 0 fully saturated rings. The van der Waals surface area contributed by atoms with Gasteiger partial charge in [-0.2, -0.15) is 0 Å². The minimum absolute atomic E-state index is 0.211. The molecule has 0 heterocycles. The summed E-state index contributed by atoms with van der Waals surface area (Å²) < 4.78 is -0.211. The van der Waals surface area contributed by atoms with Crippen LogP contribution in [-0.2, 0) is 4.79 Å². The van der Waals surface area contributed by atoms with Gasteiger partial charge in [0, 0.05) is 22.6 Å². The summed E-state index contributed by atoms with van der Waals surface area (Å²) in [6.07, 6.45) is -0.737. The molecule has 0 aromatic carbocycles. The lowest BCUT2D eigenvalue weighted by Gasteiger charge is -2.07. The van der Waals surface area contributed by atoms with E-state index in [9.17, 15) is 4.79 Å². The first kappa shape index (κ1) is 8.32. The van der Waals surface area contributed by atoms with Gasteiger partial charge in [0.05, 0.1) is 12.1 Å². The number of nitrogens with two attached hydrogens (primary N) is 1. The average Bonchev–Trinajstić information content (AvgIpc) is 1.64. The Balaban J connectivity index is 3.64. The zero-order valence-electron chi connectivity index (χ0n) is 4.47. The van der Waals surface area contributed by atoms with Crippen LogP contribution < -0.4 is 5.73 Å². The van der Waals surface area contributed by atoms with E-state index in [1.165, 1.54) is 6.92 Å². The van der Waals surface area contributed by atoms with E-state index in [-0.39, 0.29) is 3.79 Å². The fourth-order valence-corrected chi connectivity index (χ4v) is 0.710. The first-order chi connectivity index (χ1) is 3.55. The van der Waals surface area contributed by atoms with Gasteiger partial charge in [0.2, 0.25) is 3.79 Å². The lowest BCUT2D eigenvalue weighted by molar-refractivity contribution is -0.112. The van der Waals surface area contributed by atoms with Gasteiger partial charge in [-0.3, -0.25) is 4.79 Å². The second kappa shape index (κ2) is 3.37. The van der Waals surface area contributed by atoms with E-state index in [0.29, 0.717) is 0 Å². The van der Waals surface area contributed by atoms with Crippen molar-refractivity contribution in [3.63, 3.8) is 0 Å². The Hall–Kier alpha value is 0.320. The topological polar surface area (TPSA) is 63.3 Å². The molecule has 0 radical (unpaired) electrons. The zero-order chi connectivity index (χ0) is 6.73. The highest BCUT2D eigenvalue weighted by Crippen LogP contribution is 1.95. The number of aliphatic hydroxyl groups is 1. The van der Waals surface area contributed by atoms with E-state index in [1.54, 1.807) is 22.6 Å².